The molecule has 2 aromatic carbocycles. The number of hydrogen-bond acceptors (Lipinski definition) is 5. The lowest BCUT2D eigenvalue weighted by molar-refractivity contribution is -0.119. The van der Waals surface area contributed by atoms with E-state index in [0.717, 1.165) is 22.4 Å². The fourth-order valence-corrected chi connectivity index (χ4v) is 3.11. The lowest BCUT2D eigenvalue weighted by Crippen LogP contribution is -2.35. The molecule has 0 radical (unpaired) electrons. The molecule has 0 spiro atoms. The number of nitrogens with one attached hydrogen (secondary N) is 2. The van der Waals surface area contributed by atoms with Gasteiger partial charge in [-0.05, 0) is 54.5 Å². The third-order valence-electron chi connectivity index (χ3n) is 4.36. The monoisotopic (exact) mass is 402 g/mol. The number of nitrogens with zero attached hydrogens (tertiary/aromatic N) is 2. The Morgan fingerprint density at radius 3 is 2.72 bits per heavy atom. The van der Waals surface area contributed by atoms with E-state index in [1.165, 1.54) is 0 Å². The number of carbonyl (C=O) groups is 1. The quantitative estimate of drug-likeness (QED) is 0.497. The van der Waals surface area contributed by atoms with Crippen LogP contribution in [0.15, 0.2) is 71.3 Å². The van der Waals surface area contributed by atoms with Crippen molar-refractivity contribution in [2.75, 3.05) is 5.32 Å². The molecule has 2 N–H and O–H groups in total. The molecule has 4 aromatic rings. The number of aromatic nitrogens is 2. The number of amides is 1. The summed E-state index contributed by atoms with van der Waals surface area (Å²) in [5.74, 6) is 0.299. The van der Waals surface area contributed by atoms with Gasteiger partial charge in [-0.3, -0.25) is 4.79 Å². The van der Waals surface area contributed by atoms with Gasteiger partial charge in [-0.15, -0.1) is 0 Å². The van der Waals surface area contributed by atoms with Crippen LogP contribution in [-0.4, -0.2) is 21.0 Å². The van der Waals surface area contributed by atoms with Gasteiger partial charge in [-0.2, -0.15) is 4.98 Å². The summed E-state index contributed by atoms with van der Waals surface area (Å²) >= 11 is 5.31. The molecule has 0 bridgehead atoms. The minimum Gasteiger partial charge on any atom is -0.434 e. The van der Waals surface area contributed by atoms with E-state index in [-0.39, 0.29) is 17.4 Å². The van der Waals surface area contributed by atoms with Gasteiger partial charge in [-0.25, -0.2) is 4.98 Å². The van der Waals surface area contributed by atoms with E-state index >= 15 is 0 Å². The molecule has 0 aliphatic carbocycles. The van der Waals surface area contributed by atoms with Crippen molar-refractivity contribution < 1.29 is 9.21 Å². The van der Waals surface area contributed by atoms with E-state index in [1.807, 2.05) is 61.5 Å². The maximum Gasteiger partial charge on any atom is 0.230 e. The van der Waals surface area contributed by atoms with E-state index < -0.39 is 0 Å². The highest BCUT2D eigenvalue weighted by Gasteiger charge is 2.12. The molecule has 0 unspecified atom stereocenters. The van der Waals surface area contributed by atoms with E-state index in [1.54, 1.807) is 12.3 Å². The van der Waals surface area contributed by atoms with Gasteiger partial charge in [-0.1, -0.05) is 36.4 Å². The lowest BCUT2D eigenvalue weighted by Gasteiger charge is -2.12. The Kier molecular flexibility index (Phi) is 5.31. The zero-order valence-electron chi connectivity index (χ0n) is 15.7. The molecule has 0 aliphatic rings. The van der Waals surface area contributed by atoms with E-state index in [9.17, 15) is 4.79 Å². The van der Waals surface area contributed by atoms with Gasteiger partial charge in [0.2, 0.25) is 11.8 Å². The second kappa shape index (κ2) is 8.20. The summed E-state index contributed by atoms with van der Waals surface area (Å²) < 4.78 is 5.78. The lowest BCUT2D eigenvalue weighted by atomic mass is 10.1. The molecular formula is C22H18N4O2S. The molecule has 0 saturated carbocycles. The Bertz CT molecular complexity index is 1150. The first-order valence-electron chi connectivity index (χ1n) is 9.06. The van der Waals surface area contributed by atoms with Crippen molar-refractivity contribution in [3.63, 3.8) is 0 Å². The number of thiocarbonyl (C=S) groups is 1. The van der Waals surface area contributed by atoms with Gasteiger partial charge in [0, 0.05) is 17.4 Å². The maximum absolute atomic E-state index is 12.2. The maximum atomic E-state index is 12.2. The van der Waals surface area contributed by atoms with Crippen molar-refractivity contribution in [2.45, 2.75) is 13.3 Å². The molecule has 6 nitrogen and oxygen atoms in total. The second-order valence-electron chi connectivity index (χ2n) is 6.54. The number of oxazole rings is 1. The summed E-state index contributed by atoms with van der Waals surface area (Å²) in [5.41, 5.74) is 4.64. The smallest absolute Gasteiger partial charge is 0.230 e. The fraction of sp³-hybridized carbons (Fsp3) is 0.0909. The van der Waals surface area contributed by atoms with E-state index in [4.69, 9.17) is 16.6 Å². The molecule has 29 heavy (non-hydrogen) atoms. The number of carbonyl (C=O) groups excluding carboxylic acids is 1. The highest BCUT2D eigenvalue weighted by molar-refractivity contribution is 7.80. The van der Waals surface area contributed by atoms with Crippen molar-refractivity contribution in [1.29, 1.82) is 0 Å². The molecule has 7 heteroatoms. The number of aryl methyl sites for hydroxylation is 1. The fourth-order valence-electron chi connectivity index (χ4n) is 2.89. The highest BCUT2D eigenvalue weighted by atomic mass is 32.1. The molecular weight excluding hydrogens is 384 g/mol. The Hall–Kier alpha value is -3.58. The summed E-state index contributed by atoms with van der Waals surface area (Å²) in [6.45, 7) is 1.95. The number of anilines is 1. The topological polar surface area (TPSA) is 80.1 Å². The van der Waals surface area contributed by atoms with E-state index in [2.05, 4.69) is 20.6 Å². The molecule has 0 fully saturated rings. The van der Waals surface area contributed by atoms with Crippen LogP contribution in [-0.2, 0) is 11.2 Å². The molecule has 0 atom stereocenters. The number of benzene rings is 2. The van der Waals surface area contributed by atoms with Gasteiger partial charge in [0.1, 0.15) is 0 Å². The standard InChI is InChI=1S/C22H18N4O2S/c1-14-9-10-16(21-26-20-18(28-21)8-5-11-23-20)13-17(14)24-22(29)25-19(27)12-15-6-3-2-4-7-15/h2-11,13H,12H2,1H3,(H2,24,25,27,29). The zero-order chi connectivity index (χ0) is 20.2. The van der Waals surface area contributed by atoms with Crippen LogP contribution in [0.5, 0.6) is 0 Å². The summed E-state index contributed by atoms with van der Waals surface area (Å²) in [5, 5.41) is 6.04. The minimum atomic E-state index is -0.174. The second-order valence-corrected chi connectivity index (χ2v) is 6.95. The molecule has 0 saturated heterocycles. The normalized spacial score (nSPS) is 10.7. The molecule has 144 valence electrons. The predicted molar refractivity (Wildman–Crippen MR) is 116 cm³/mol. The van der Waals surface area contributed by atoms with Gasteiger partial charge in [0.25, 0.3) is 0 Å². The van der Waals surface area contributed by atoms with Gasteiger partial charge in [0.05, 0.1) is 6.42 Å². The van der Waals surface area contributed by atoms with Crippen LogP contribution in [0.25, 0.3) is 22.7 Å². The number of fused-ring (bicyclic) bond motifs is 1. The largest absolute Gasteiger partial charge is 0.434 e. The first-order valence-corrected chi connectivity index (χ1v) is 9.46. The van der Waals surface area contributed by atoms with Crippen molar-refractivity contribution >= 4 is 40.2 Å². The third kappa shape index (κ3) is 4.47. The molecule has 2 heterocycles. The van der Waals surface area contributed by atoms with Crippen molar-refractivity contribution in [2.24, 2.45) is 0 Å². The molecule has 4 rings (SSSR count). The third-order valence-corrected chi connectivity index (χ3v) is 4.56. The Morgan fingerprint density at radius 2 is 1.93 bits per heavy atom. The SMILES string of the molecule is Cc1ccc(-c2nc3ncccc3o2)cc1NC(=S)NC(=O)Cc1ccccc1. The summed E-state index contributed by atoms with van der Waals surface area (Å²) in [6, 6.07) is 18.9. The van der Waals surface area contributed by atoms with Crippen LogP contribution in [0.1, 0.15) is 11.1 Å². The van der Waals surface area contributed by atoms with Crippen LogP contribution < -0.4 is 10.6 Å². The van der Waals surface area contributed by atoms with Crippen molar-refractivity contribution in [3.05, 3.63) is 78.0 Å². The van der Waals surface area contributed by atoms with Gasteiger partial charge >= 0.3 is 0 Å². The number of hydrogen-bond donors (Lipinski definition) is 2. The van der Waals surface area contributed by atoms with Crippen LogP contribution in [0.4, 0.5) is 5.69 Å². The van der Waals surface area contributed by atoms with Gasteiger partial charge in [0.15, 0.2) is 16.3 Å². The highest BCUT2D eigenvalue weighted by Crippen LogP contribution is 2.27. The van der Waals surface area contributed by atoms with Crippen LogP contribution in [0, 0.1) is 6.92 Å². The van der Waals surface area contributed by atoms with Crippen molar-refractivity contribution in [3.8, 4) is 11.5 Å². The molecule has 0 aliphatic heterocycles. The Morgan fingerprint density at radius 1 is 1.10 bits per heavy atom. The Labute approximate surface area is 173 Å². The molecule has 2 aromatic heterocycles. The minimum absolute atomic E-state index is 0.174. The summed E-state index contributed by atoms with van der Waals surface area (Å²) in [7, 11) is 0. The predicted octanol–water partition coefficient (Wildman–Crippen LogP) is 4.25. The van der Waals surface area contributed by atoms with Crippen LogP contribution >= 0.6 is 12.2 Å². The average molecular weight is 402 g/mol. The van der Waals surface area contributed by atoms with Crippen LogP contribution in [0.2, 0.25) is 0 Å². The van der Waals surface area contributed by atoms with Gasteiger partial charge < -0.3 is 15.1 Å². The Balaban J connectivity index is 1.47. The van der Waals surface area contributed by atoms with Crippen molar-refractivity contribution in [1.82, 2.24) is 15.3 Å². The number of pyridine rings is 1. The van der Waals surface area contributed by atoms with Crippen LogP contribution in [0.3, 0.4) is 0 Å². The van der Waals surface area contributed by atoms with E-state index in [0.29, 0.717) is 17.1 Å². The molecule has 1 amide bonds. The zero-order valence-corrected chi connectivity index (χ0v) is 16.5. The first kappa shape index (κ1) is 18.8. The first-order chi connectivity index (χ1) is 14.1. The summed E-state index contributed by atoms with van der Waals surface area (Å²) in [6.07, 6.45) is 1.94. The number of rotatable bonds is 4. The summed E-state index contributed by atoms with van der Waals surface area (Å²) in [4.78, 5) is 20.8. The average Bonchev–Trinajstić information content (AvgIpc) is 3.14.